The molecule has 5 N–H and O–H groups in total. The zero-order valence-electron chi connectivity index (χ0n) is 33.0. The Morgan fingerprint density at radius 1 is 0.895 bits per heavy atom. The van der Waals surface area contributed by atoms with Crippen molar-refractivity contribution in [2.75, 3.05) is 61.6 Å². The van der Waals surface area contributed by atoms with Crippen molar-refractivity contribution in [1.29, 1.82) is 0 Å². The number of hydrogen-bond donors (Lipinski definition) is 4. The lowest BCUT2D eigenvalue weighted by Gasteiger charge is -2.29. The van der Waals surface area contributed by atoms with E-state index in [1.807, 2.05) is 45.0 Å². The number of carbonyl (C=O) groups excluding carboxylic acids is 2. The van der Waals surface area contributed by atoms with Crippen LogP contribution in [0.25, 0.3) is 10.8 Å². The first-order valence-electron chi connectivity index (χ1n) is 18.6. The fourth-order valence-corrected chi connectivity index (χ4v) is 7.36. The van der Waals surface area contributed by atoms with Crippen LogP contribution in [0.3, 0.4) is 0 Å². The predicted molar refractivity (Wildman–Crippen MR) is 224 cm³/mol. The highest BCUT2D eigenvalue weighted by atomic mass is 32.2. The quantitative estimate of drug-likeness (QED) is 0.0880. The van der Waals surface area contributed by atoms with E-state index in [2.05, 4.69) is 25.2 Å². The second-order valence-corrected chi connectivity index (χ2v) is 16.6. The maximum Gasteiger partial charge on any atom is 0.324 e. The van der Waals surface area contributed by atoms with Crippen molar-refractivity contribution in [3.63, 3.8) is 0 Å². The molecule has 1 aliphatic rings. The van der Waals surface area contributed by atoms with Crippen molar-refractivity contribution >= 4 is 61.3 Å². The van der Waals surface area contributed by atoms with E-state index in [0.717, 1.165) is 31.5 Å². The minimum Gasteiger partial charge on any atom is -0.496 e. The Morgan fingerprint density at radius 3 is 2.30 bits per heavy atom. The summed E-state index contributed by atoms with van der Waals surface area (Å²) in [5.74, 6) is 1.81. The number of fused-ring (bicyclic) bond motifs is 1. The van der Waals surface area contributed by atoms with E-state index < -0.39 is 21.5 Å². The molecule has 14 nitrogen and oxygen atoms in total. The molecule has 4 aromatic carbocycles. The Hall–Kier alpha value is -6.06. The smallest absolute Gasteiger partial charge is 0.324 e. The van der Waals surface area contributed by atoms with Crippen LogP contribution in [-0.4, -0.2) is 76.9 Å². The average Bonchev–Trinajstić information content (AvgIpc) is 3.68. The number of ether oxygens (including phenoxy) is 3. The Morgan fingerprint density at radius 2 is 1.63 bits per heavy atom. The standard InChI is InChI=1S/C42H49N7O7S/c1-42(2,3)27-23-33(47-57(6,52)53)39(55-5)35(24-27)49(41(43)51)34-15-16-36(31-12-8-7-11-30(31)34)56-29-17-18-44-38(26-29)46-28-13-14-32(37(25-28)54-4)40(50)45-19-22-48-20-9-10-21-48/h7-8,11-18,23-26,47H,9-10,19-22H2,1-6H3,(H2,43,51)(H,44,46)(H,45,50). The summed E-state index contributed by atoms with van der Waals surface area (Å²) in [6.45, 7) is 9.44. The van der Waals surface area contributed by atoms with Crippen molar-refractivity contribution in [2.24, 2.45) is 5.73 Å². The van der Waals surface area contributed by atoms with Crippen LogP contribution in [0.2, 0.25) is 0 Å². The van der Waals surface area contributed by atoms with Gasteiger partial charge in [0.15, 0.2) is 5.75 Å². The molecule has 3 amide bonds. The van der Waals surface area contributed by atoms with Gasteiger partial charge in [-0.25, -0.2) is 18.2 Å². The van der Waals surface area contributed by atoms with Crippen LogP contribution < -0.4 is 40.2 Å². The van der Waals surface area contributed by atoms with E-state index in [-0.39, 0.29) is 23.0 Å². The van der Waals surface area contributed by atoms with Crippen molar-refractivity contribution in [3.8, 4) is 23.0 Å². The number of sulfonamides is 1. The molecule has 57 heavy (non-hydrogen) atoms. The molecular formula is C42H49N7O7S. The molecule has 1 fully saturated rings. The molecule has 0 spiro atoms. The van der Waals surface area contributed by atoms with Gasteiger partial charge in [0, 0.05) is 47.9 Å². The molecule has 0 bridgehead atoms. The minimum absolute atomic E-state index is 0.122. The van der Waals surface area contributed by atoms with E-state index in [4.69, 9.17) is 19.9 Å². The number of carbonyl (C=O) groups is 2. The first-order valence-corrected chi connectivity index (χ1v) is 20.5. The van der Waals surface area contributed by atoms with Gasteiger partial charge in [0.1, 0.15) is 23.1 Å². The van der Waals surface area contributed by atoms with Crippen molar-refractivity contribution in [1.82, 2.24) is 15.2 Å². The average molecular weight is 796 g/mol. The van der Waals surface area contributed by atoms with Crippen LogP contribution in [0, 0.1) is 0 Å². The van der Waals surface area contributed by atoms with Crippen LogP contribution in [0.5, 0.6) is 23.0 Å². The van der Waals surface area contributed by atoms with E-state index >= 15 is 0 Å². The Kier molecular flexibility index (Phi) is 12.1. The molecule has 0 atom stereocenters. The highest BCUT2D eigenvalue weighted by Crippen LogP contribution is 2.46. The third kappa shape index (κ3) is 9.67. The molecule has 0 saturated carbocycles. The van der Waals surface area contributed by atoms with Gasteiger partial charge in [0.2, 0.25) is 10.0 Å². The van der Waals surface area contributed by atoms with Crippen molar-refractivity contribution in [2.45, 2.75) is 39.0 Å². The van der Waals surface area contributed by atoms with Crippen LogP contribution in [-0.2, 0) is 15.4 Å². The number of nitrogens with one attached hydrogen (secondary N) is 3. The number of rotatable bonds is 14. The molecule has 300 valence electrons. The van der Waals surface area contributed by atoms with Crippen molar-refractivity contribution in [3.05, 3.63) is 96.2 Å². The normalized spacial score (nSPS) is 13.2. The lowest BCUT2D eigenvalue weighted by atomic mass is 9.86. The number of aromatic nitrogens is 1. The molecular weight excluding hydrogens is 747 g/mol. The largest absolute Gasteiger partial charge is 0.496 e. The molecule has 0 aliphatic carbocycles. The number of pyridine rings is 1. The topological polar surface area (TPSA) is 177 Å². The molecule has 5 aromatic rings. The second kappa shape index (κ2) is 17.0. The number of likely N-dealkylation sites (tertiary alicyclic amines) is 1. The molecule has 0 radical (unpaired) electrons. The van der Waals surface area contributed by atoms with Gasteiger partial charge in [-0.15, -0.1) is 0 Å². The number of nitrogens with two attached hydrogens (primary N) is 1. The van der Waals surface area contributed by atoms with E-state index in [9.17, 15) is 18.0 Å². The fourth-order valence-electron chi connectivity index (χ4n) is 6.81. The van der Waals surface area contributed by atoms with Gasteiger partial charge >= 0.3 is 6.03 Å². The SMILES string of the molecule is COc1cc(Nc2cc(Oc3ccc(N(C(N)=O)c4cc(C(C)(C)C)cc(NS(C)(=O)=O)c4OC)c4ccccc34)ccn2)ccc1C(=O)NCCN1CCCC1. The van der Waals surface area contributed by atoms with Gasteiger partial charge in [-0.05, 0) is 79.4 Å². The zero-order valence-corrected chi connectivity index (χ0v) is 33.8. The summed E-state index contributed by atoms with van der Waals surface area (Å²) >= 11 is 0. The van der Waals surface area contributed by atoms with E-state index in [0.29, 0.717) is 57.3 Å². The van der Waals surface area contributed by atoms with E-state index in [1.165, 1.54) is 32.0 Å². The van der Waals surface area contributed by atoms with Gasteiger partial charge in [-0.1, -0.05) is 45.0 Å². The highest BCUT2D eigenvalue weighted by molar-refractivity contribution is 7.92. The number of benzene rings is 4. The van der Waals surface area contributed by atoms with Gasteiger partial charge in [0.05, 0.1) is 43.1 Å². The fraction of sp³-hybridized carbons (Fsp3) is 0.310. The lowest BCUT2D eigenvalue weighted by Crippen LogP contribution is -2.33. The number of primary amides is 1. The number of urea groups is 1. The number of amides is 3. The number of methoxy groups -OCH3 is 2. The number of anilines is 5. The summed E-state index contributed by atoms with van der Waals surface area (Å²) in [5.41, 5.74) is 8.35. The van der Waals surface area contributed by atoms with Gasteiger partial charge in [0.25, 0.3) is 5.91 Å². The predicted octanol–water partition coefficient (Wildman–Crippen LogP) is 7.50. The maximum absolute atomic E-state index is 13.4. The monoisotopic (exact) mass is 795 g/mol. The van der Waals surface area contributed by atoms with Gasteiger partial charge in [-0.2, -0.15) is 0 Å². The zero-order chi connectivity index (χ0) is 40.9. The molecule has 1 aliphatic heterocycles. The summed E-state index contributed by atoms with van der Waals surface area (Å²) in [4.78, 5) is 34.5. The molecule has 2 heterocycles. The molecule has 1 saturated heterocycles. The second-order valence-electron chi connectivity index (χ2n) is 14.8. The van der Waals surface area contributed by atoms with Crippen LogP contribution in [0.1, 0.15) is 49.5 Å². The van der Waals surface area contributed by atoms with Crippen LogP contribution >= 0.6 is 0 Å². The lowest BCUT2D eigenvalue weighted by molar-refractivity contribution is 0.0946. The van der Waals surface area contributed by atoms with Gasteiger partial charge in [-0.3, -0.25) is 14.4 Å². The summed E-state index contributed by atoms with van der Waals surface area (Å²) in [6.07, 6.45) is 5.05. The van der Waals surface area contributed by atoms with Crippen LogP contribution in [0.4, 0.5) is 33.4 Å². The Labute approximate surface area is 333 Å². The minimum atomic E-state index is -3.72. The number of nitrogens with zero attached hydrogens (tertiary/aromatic N) is 3. The highest BCUT2D eigenvalue weighted by Gasteiger charge is 2.28. The van der Waals surface area contributed by atoms with Crippen LogP contribution in [0.15, 0.2) is 85.1 Å². The summed E-state index contributed by atoms with van der Waals surface area (Å²) in [7, 11) is -0.790. The third-order valence-corrected chi connectivity index (χ3v) is 10.2. The molecule has 6 rings (SSSR count). The first kappa shape index (κ1) is 40.6. The Bertz CT molecular complexity index is 2390. The molecule has 0 unspecified atom stereocenters. The first-order chi connectivity index (χ1) is 27.1. The molecule has 15 heteroatoms. The third-order valence-electron chi connectivity index (χ3n) is 9.59. The van der Waals surface area contributed by atoms with E-state index in [1.54, 1.807) is 60.8 Å². The maximum atomic E-state index is 13.4. The summed E-state index contributed by atoms with van der Waals surface area (Å²) < 4.78 is 45.1. The van der Waals surface area contributed by atoms with Crippen molar-refractivity contribution < 1.29 is 32.2 Å². The number of hydrogen-bond acceptors (Lipinski definition) is 10. The summed E-state index contributed by atoms with van der Waals surface area (Å²) in [6, 6.07) is 22.2. The Balaban J connectivity index is 1.28. The summed E-state index contributed by atoms with van der Waals surface area (Å²) in [5, 5.41) is 7.57. The van der Waals surface area contributed by atoms with Gasteiger partial charge < -0.3 is 35.5 Å². The molecule has 1 aromatic heterocycles.